The van der Waals surface area contributed by atoms with E-state index in [0.29, 0.717) is 47.1 Å². The Morgan fingerprint density at radius 1 is 1.11 bits per heavy atom. The number of likely N-dealkylation sites (tertiary alicyclic amines) is 1. The second-order valence-corrected chi connectivity index (χ2v) is 13.8. The van der Waals surface area contributed by atoms with Gasteiger partial charge in [0.25, 0.3) is 11.5 Å². The monoisotopic (exact) mass is 655 g/mol. The Hall–Kier alpha value is -4.35. The number of halogens is 1. The van der Waals surface area contributed by atoms with E-state index in [1.165, 1.54) is 34.1 Å². The lowest BCUT2D eigenvalue weighted by molar-refractivity contribution is -0.142. The number of likely N-dealkylation sites (N-methyl/N-ethyl adjacent to an activating group) is 1. The van der Waals surface area contributed by atoms with Crippen LogP contribution in [0.4, 0.5) is 21.6 Å². The van der Waals surface area contributed by atoms with Crippen molar-refractivity contribution in [2.24, 2.45) is 7.05 Å². The molecule has 3 aromatic heterocycles. The number of hydrogen-bond donors (Lipinski definition) is 1. The van der Waals surface area contributed by atoms with Crippen molar-refractivity contribution in [1.29, 1.82) is 0 Å². The lowest BCUT2D eigenvalue weighted by atomic mass is 9.91. The van der Waals surface area contributed by atoms with Gasteiger partial charge in [-0.25, -0.2) is 9.37 Å². The summed E-state index contributed by atoms with van der Waals surface area (Å²) in [7, 11) is 1.63. The number of anilines is 3. The molecule has 0 spiro atoms. The summed E-state index contributed by atoms with van der Waals surface area (Å²) in [5.74, 6) is -0.222. The first-order valence-corrected chi connectivity index (χ1v) is 17.1. The molecule has 1 fully saturated rings. The van der Waals surface area contributed by atoms with Gasteiger partial charge in [0.1, 0.15) is 23.9 Å². The van der Waals surface area contributed by atoms with E-state index in [-0.39, 0.29) is 23.8 Å². The lowest BCUT2D eigenvalue weighted by Gasteiger charge is -2.38. The van der Waals surface area contributed by atoms with Crippen molar-refractivity contribution >= 4 is 40.4 Å². The summed E-state index contributed by atoms with van der Waals surface area (Å²) < 4.78 is 22.4. The number of thiophene rings is 1. The molecule has 5 heterocycles. The van der Waals surface area contributed by atoms with Gasteiger partial charge in [-0.2, -0.15) is 0 Å². The number of ether oxygens (including phenoxy) is 1. The smallest absolute Gasteiger partial charge is 0.302 e. The molecule has 1 aliphatic carbocycles. The van der Waals surface area contributed by atoms with Crippen LogP contribution in [0.3, 0.4) is 0 Å². The van der Waals surface area contributed by atoms with Crippen molar-refractivity contribution in [1.82, 2.24) is 14.5 Å². The van der Waals surface area contributed by atoms with Crippen LogP contribution in [0, 0.1) is 5.82 Å². The highest BCUT2D eigenvalue weighted by atomic mass is 32.1. The van der Waals surface area contributed by atoms with Gasteiger partial charge in [-0.15, -0.1) is 11.3 Å². The summed E-state index contributed by atoms with van der Waals surface area (Å²) in [4.78, 5) is 49.8. The molecule has 1 saturated heterocycles. The Kier molecular flexibility index (Phi) is 8.44. The Balaban J connectivity index is 1.24. The fourth-order valence-corrected chi connectivity index (χ4v) is 8.43. The fraction of sp³-hybridized carbons (Fsp3) is 0.389. The third-order valence-corrected chi connectivity index (χ3v) is 10.9. The van der Waals surface area contributed by atoms with Crippen LogP contribution < -0.4 is 15.8 Å². The number of hydrogen-bond acceptors (Lipinski definition) is 8. The van der Waals surface area contributed by atoms with Gasteiger partial charge < -0.3 is 24.4 Å². The maximum Gasteiger partial charge on any atom is 0.302 e. The zero-order valence-corrected chi connectivity index (χ0v) is 27.7. The first kappa shape index (κ1) is 31.3. The molecule has 0 unspecified atom stereocenters. The van der Waals surface area contributed by atoms with E-state index in [4.69, 9.17) is 4.74 Å². The van der Waals surface area contributed by atoms with Gasteiger partial charge in [0, 0.05) is 67.9 Å². The molecule has 0 bridgehead atoms. The summed E-state index contributed by atoms with van der Waals surface area (Å²) in [5, 5.41) is 3.15. The Bertz CT molecular complexity index is 1930. The third kappa shape index (κ3) is 5.98. The third-order valence-electron chi connectivity index (χ3n) is 9.63. The zero-order valence-electron chi connectivity index (χ0n) is 26.9. The molecular formula is C36H38FN5O4S. The number of pyridine rings is 2. The number of esters is 1. The molecule has 1 aromatic carbocycles. The van der Waals surface area contributed by atoms with E-state index >= 15 is 4.39 Å². The summed E-state index contributed by atoms with van der Waals surface area (Å²) in [5.41, 5.74) is 5.41. The first-order chi connectivity index (χ1) is 22.7. The number of carbonyl (C=O) groups excluding carboxylic acids is 2. The van der Waals surface area contributed by atoms with Crippen molar-refractivity contribution in [2.75, 3.05) is 36.4 Å². The van der Waals surface area contributed by atoms with Gasteiger partial charge in [0.2, 0.25) is 0 Å². The SMILES string of the molecule is CCN1CC(c2ccc(Nc3cc(-c4cc(F)cc(N5CCc6c(sc7c6CCCC7)C5=O)c4COC(C)=O)cn(C)c3=O)nc2)C1. The highest BCUT2D eigenvalue weighted by molar-refractivity contribution is 7.14. The number of benzene rings is 1. The highest BCUT2D eigenvalue weighted by Crippen LogP contribution is 2.41. The van der Waals surface area contributed by atoms with Gasteiger partial charge in [-0.1, -0.05) is 13.0 Å². The maximum absolute atomic E-state index is 15.5. The Labute approximate surface area is 277 Å². The summed E-state index contributed by atoms with van der Waals surface area (Å²) in [6, 6.07) is 8.25. The van der Waals surface area contributed by atoms with E-state index in [1.807, 2.05) is 18.3 Å². The average molecular weight is 656 g/mol. The van der Waals surface area contributed by atoms with E-state index < -0.39 is 11.8 Å². The molecule has 1 N–H and O–H groups in total. The largest absolute Gasteiger partial charge is 0.461 e. The quantitative estimate of drug-likeness (QED) is 0.234. The van der Waals surface area contributed by atoms with Gasteiger partial charge in [0.05, 0.1) is 10.6 Å². The minimum Gasteiger partial charge on any atom is -0.461 e. The van der Waals surface area contributed by atoms with E-state index in [1.54, 1.807) is 35.5 Å². The molecular weight excluding hydrogens is 617 g/mol. The second kappa shape index (κ2) is 12.7. The molecule has 7 rings (SSSR count). The van der Waals surface area contributed by atoms with Crippen LogP contribution >= 0.6 is 11.3 Å². The highest BCUT2D eigenvalue weighted by Gasteiger charge is 2.34. The van der Waals surface area contributed by atoms with Gasteiger partial charge in [-0.05, 0) is 85.2 Å². The standard InChI is InChI=1S/C36H38FN5O4S/c1-4-41-18-24(19-41)22-9-10-33(38-16-22)39-30-13-23(17-40(3)35(30)44)28-14-25(37)15-31(29(28)20-46-21(2)43)42-12-11-27-26-7-5-6-8-32(26)47-34(27)36(42)45/h9-10,13-17,24H,4-8,11-12,18-20H2,1-3H3,(H,38,39). The van der Waals surface area contributed by atoms with Crippen molar-refractivity contribution in [3.05, 3.63) is 90.9 Å². The lowest BCUT2D eigenvalue weighted by Crippen LogP contribution is -2.44. The van der Waals surface area contributed by atoms with Crippen LogP contribution in [0.2, 0.25) is 0 Å². The number of carbonyl (C=O) groups is 2. The number of amides is 1. The number of aromatic nitrogens is 2. The molecule has 4 aromatic rings. The van der Waals surface area contributed by atoms with Crippen LogP contribution in [0.25, 0.3) is 11.1 Å². The predicted octanol–water partition coefficient (Wildman–Crippen LogP) is 5.96. The average Bonchev–Trinajstić information content (AvgIpc) is 3.42. The second-order valence-electron chi connectivity index (χ2n) is 12.7. The molecule has 0 saturated carbocycles. The molecule has 3 aliphatic rings. The molecule has 1 amide bonds. The number of aryl methyl sites for hydroxylation is 2. The van der Waals surface area contributed by atoms with Crippen LogP contribution in [-0.2, 0) is 42.4 Å². The van der Waals surface area contributed by atoms with E-state index in [2.05, 4.69) is 22.1 Å². The molecule has 11 heteroatoms. The van der Waals surface area contributed by atoms with Crippen molar-refractivity contribution in [2.45, 2.75) is 58.5 Å². The molecule has 47 heavy (non-hydrogen) atoms. The Morgan fingerprint density at radius 2 is 1.91 bits per heavy atom. The normalized spacial score (nSPS) is 16.4. The number of fused-ring (bicyclic) bond motifs is 3. The van der Waals surface area contributed by atoms with Crippen LogP contribution in [0.5, 0.6) is 0 Å². The first-order valence-electron chi connectivity index (χ1n) is 16.3. The maximum atomic E-state index is 15.5. The van der Waals surface area contributed by atoms with Gasteiger partial charge in [0.15, 0.2) is 0 Å². The Morgan fingerprint density at radius 3 is 2.66 bits per heavy atom. The minimum absolute atomic E-state index is 0.159. The number of nitrogens with zero attached hydrogens (tertiary/aromatic N) is 4. The fourth-order valence-electron chi connectivity index (χ4n) is 7.04. The zero-order chi connectivity index (χ0) is 32.8. The van der Waals surface area contributed by atoms with Gasteiger partial charge >= 0.3 is 5.97 Å². The number of nitrogens with one attached hydrogen (secondary N) is 1. The van der Waals surface area contributed by atoms with E-state index in [9.17, 15) is 14.4 Å². The van der Waals surface area contributed by atoms with Crippen molar-refractivity contribution in [3.8, 4) is 11.1 Å². The summed E-state index contributed by atoms with van der Waals surface area (Å²) in [6.45, 7) is 6.75. The van der Waals surface area contributed by atoms with Crippen molar-refractivity contribution in [3.63, 3.8) is 0 Å². The van der Waals surface area contributed by atoms with E-state index in [0.717, 1.165) is 61.3 Å². The molecule has 2 aliphatic heterocycles. The van der Waals surface area contributed by atoms with Crippen LogP contribution in [-0.4, -0.2) is 52.5 Å². The topological polar surface area (TPSA) is 96.8 Å². The van der Waals surface area contributed by atoms with Gasteiger partial charge in [-0.3, -0.25) is 14.4 Å². The van der Waals surface area contributed by atoms with Crippen LogP contribution in [0.15, 0.2) is 47.5 Å². The number of rotatable bonds is 8. The molecule has 9 nitrogen and oxygen atoms in total. The summed E-state index contributed by atoms with van der Waals surface area (Å²) in [6.07, 6.45) is 8.39. The van der Waals surface area contributed by atoms with Crippen LogP contribution in [0.1, 0.15) is 69.4 Å². The van der Waals surface area contributed by atoms with Crippen molar-refractivity contribution < 1.29 is 18.7 Å². The summed E-state index contributed by atoms with van der Waals surface area (Å²) >= 11 is 1.56. The molecule has 244 valence electrons. The minimum atomic E-state index is -0.538. The predicted molar refractivity (Wildman–Crippen MR) is 181 cm³/mol. The molecule has 0 atom stereocenters. The molecule has 0 radical (unpaired) electrons.